The highest BCUT2D eigenvalue weighted by Gasteiger charge is 2.21. The quantitative estimate of drug-likeness (QED) is 0.785. The lowest BCUT2D eigenvalue weighted by Crippen LogP contribution is -2.46. The summed E-state index contributed by atoms with van der Waals surface area (Å²) in [5, 5.41) is 2.79. The van der Waals surface area contributed by atoms with E-state index in [0.29, 0.717) is 16.3 Å². The molecule has 4 nitrogen and oxygen atoms in total. The Morgan fingerprint density at radius 2 is 2.19 bits per heavy atom. The highest BCUT2D eigenvalue weighted by atomic mass is 32.1. The average molecular weight is 240 g/mol. The lowest BCUT2D eigenvalue weighted by Gasteiger charge is -2.20. The maximum Gasteiger partial charge on any atom is 0.255 e. The van der Waals surface area contributed by atoms with Gasteiger partial charge in [0, 0.05) is 0 Å². The molecule has 16 heavy (non-hydrogen) atoms. The van der Waals surface area contributed by atoms with Gasteiger partial charge in [-0.3, -0.25) is 4.79 Å². The first-order valence-corrected chi connectivity index (χ1v) is 5.48. The Morgan fingerprint density at radius 1 is 1.56 bits per heavy atom. The van der Waals surface area contributed by atoms with E-state index >= 15 is 0 Å². The van der Waals surface area contributed by atoms with Gasteiger partial charge in [0.25, 0.3) is 5.91 Å². The standard InChI is InChI=1S/C11H16N2O2S/c1-6(2)9(10(12)16)13-11(14)8-4-5-15-7(8)3/h4-6,9H,1-3H3,(H2,12,16)(H,13,14). The van der Waals surface area contributed by atoms with E-state index in [-0.39, 0.29) is 17.9 Å². The van der Waals surface area contributed by atoms with Gasteiger partial charge in [-0.1, -0.05) is 26.1 Å². The van der Waals surface area contributed by atoms with E-state index in [9.17, 15) is 4.79 Å². The van der Waals surface area contributed by atoms with Crippen LogP contribution in [0.25, 0.3) is 0 Å². The summed E-state index contributed by atoms with van der Waals surface area (Å²) in [6.45, 7) is 5.64. The fourth-order valence-corrected chi connectivity index (χ4v) is 1.74. The number of nitrogens with one attached hydrogen (secondary N) is 1. The number of hydrogen-bond acceptors (Lipinski definition) is 3. The van der Waals surface area contributed by atoms with Crippen molar-refractivity contribution in [3.05, 3.63) is 23.7 Å². The number of carbonyl (C=O) groups is 1. The van der Waals surface area contributed by atoms with Crippen molar-refractivity contribution in [2.24, 2.45) is 11.7 Å². The van der Waals surface area contributed by atoms with Gasteiger partial charge in [0.15, 0.2) is 0 Å². The Kier molecular flexibility index (Phi) is 4.06. The summed E-state index contributed by atoms with van der Waals surface area (Å²) >= 11 is 4.91. The van der Waals surface area contributed by atoms with Gasteiger partial charge in [-0.25, -0.2) is 0 Å². The number of nitrogens with two attached hydrogens (primary N) is 1. The largest absolute Gasteiger partial charge is 0.469 e. The Hall–Kier alpha value is -1.36. The molecule has 0 bridgehead atoms. The summed E-state index contributed by atoms with van der Waals surface area (Å²) in [5.41, 5.74) is 6.09. The molecular formula is C11H16N2O2S. The first-order valence-electron chi connectivity index (χ1n) is 5.07. The van der Waals surface area contributed by atoms with Gasteiger partial charge in [0.05, 0.1) is 22.9 Å². The van der Waals surface area contributed by atoms with Crippen molar-refractivity contribution in [3.63, 3.8) is 0 Å². The van der Waals surface area contributed by atoms with Gasteiger partial charge >= 0.3 is 0 Å². The van der Waals surface area contributed by atoms with Crippen LogP contribution < -0.4 is 11.1 Å². The molecule has 0 fully saturated rings. The van der Waals surface area contributed by atoms with Crippen molar-refractivity contribution in [1.29, 1.82) is 0 Å². The topological polar surface area (TPSA) is 68.3 Å². The number of carbonyl (C=O) groups excluding carboxylic acids is 1. The zero-order chi connectivity index (χ0) is 12.3. The third-order valence-electron chi connectivity index (χ3n) is 2.36. The van der Waals surface area contributed by atoms with E-state index in [4.69, 9.17) is 22.4 Å². The van der Waals surface area contributed by atoms with Crippen molar-refractivity contribution in [1.82, 2.24) is 5.32 Å². The minimum Gasteiger partial charge on any atom is -0.469 e. The van der Waals surface area contributed by atoms with E-state index in [1.54, 1.807) is 13.0 Å². The third-order valence-corrected chi connectivity index (χ3v) is 2.62. The van der Waals surface area contributed by atoms with Crippen LogP contribution in [0, 0.1) is 12.8 Å². The van der Waals surface area contributed by atoms with Gasteiger partial charge in [0.1, 0.15) is 5.76 Å². The van der Waals surface area contributed by atoms with Crippen molar-refractivity contribution in [2.75, 3.05) is 0 Å². The fourth-order valence-electron chi connectivity index (χ4n) is 1.41. The molecule has 1 unspecified atom stereocenters. The van der Waals surface area contributed by atoms with Crippen molar-refractivity contribution in [2.45, 2.75) is 26.8 Å². The molecule has 3 N–H and O–H groups in total. The molecule has 1 aromatic heterocycles. The summed E-state index contributed by atoms with van der Waals surface area (Å²) < 4.78 is 5.06. The third kappa shape index (κ3) is 2.82. The van der Waals surface area contributed by atoms with E-state index in [2.05, 4.69) is 5.32 Å². The van der Waals surface area contributed by atoms with E-state index in [1.165, 1.54) is 6.26 Å². The lowest BCUT2D eigenvalue weighted by atomic mass is 10.0. The molecule has 0 saturated heterocycles. The minimum atomic E-state index is -0.295. The molecule has 0 spiro atoms. The number of amides is 1. The van der Waals surface area contributed by atoms with Crippen LogP contribution in [0.15, 0.2) is 16.7 Å². The second kappa shape index (κ2) is 5.12. The van der Waals surface area contributed by atoms with Crippen LogP contribution in [-0.2, 0) is 0 Å². The highest BCUT2D eigenvalue weighted by molar-refractivity contribution is 7.80. The maximum atomic E-state index is 11.9. The molecule has 1 heterocycles. The maximum absolute atomic E-state index is 11.9. The summed E-state index contributed by atoms with van der Waals surface area (Å²) in [7, 11) is 0. The van der Waals surface area contributed by atoms with Gasteiger partial charge in [-0.2, -0.15) is 0 Å². The van der Waals surface area contributed by atoms with Crippen LogP contribution >= 0.6 is 12.2 Å². The average Bonchev–Trinajstić information content (AvgIpc) is 2.59. The summed E-state index contributed by atoms with van der Waals surface area (Å²) in [4.78, 5) is 12.2. The Balaban J connectivity index is 2.77. The van der Waals surface area contributed by atoms with Gasteiger partial charge in [-0.15, -0.1) is 0 Å². The van der Waals surface area contributed by atoms with Crippen molar-refractivity contribution < 1.29 is 9.21 Å². The van der Waals surface area contributed by atoms with Crippen LogP contribution in [0.4, 0.5) is 0 Å². The van der Waals surface area contributed by atoms with Crippen LogP contribution in [0.2, 0.25) is 0 Å². The van der Waals surface area contributed by atoms with Crippen LogP contribution in [0.5, 0.6) is 0 Å². The number of aryl methyl sites for hydroxylation is 1. The molecule has 1 aromatic rings. The van der Waals surface area contributed by atoms with E-state index in [0.717, 1.165) is 0 Å². The predicted octanol–water partition coefficient (Wildman–Crippen LogP) is 1.63. The first-order chi connectivity index (χ1) is 7.43. The predicted molar refractivity (Wildman–Crippen MR) is 66.3 cm³/mol. The van der Waals surface area contributed by atoms with Gasteiger partial charge in [-0.05, 0) is 18.9 Å². The normalized spacial score (nSPS) is 12.5. The lowest BCUT2D eigenvalue weighted by molar-refractivity contribution is 0.0938. The molecular weight excluding hydrogens is 224 g/mol. The number of hydrogen-bond donors (Lipinski definition) is 2. The Labute approximate surface area is 100 Å². The Morgan fingerprint density at radius 3 is 2.56 bits per heavy atom. The number of rotatable bonds is 4. The molecule has 0 aromatic carbocycles. The monoisotopic (exact) mass is 240 g/mol. The summed E-state index contributed by atoms with van der Waals surface area (Å²) in [6.07, 6.45) is 1.48. The Bertz CT molecular complexity index is 398. The molecule has 0 saturated carbocycles. The molecule has 1 atom stereocenters. The molecule has 1 rings (SSSR count). The molecule has 88 valence electrons. The number of thiocarbonyl (C=S) groups is 1. The number of furan rings is 1. The second-order valence-corrected chi connectivity index (χ2v) is 4.46. The SMILES string of the molecule is Cc1occc1C(=O)NC(C(N)=S)C(C)C. The highest BCUT2D eigenvalue weighted by Crippen LogP contribution is 2.10. The van der Waals surface area contributed by atoms with Crippen LogP contribution in [0.1, 0.15) is 30.0 Å². The zero-order valence-corrected chi connectivity index (χ0v) is 10.4. The van der Waals surface area contributed by atoms with E-state index in [1.807, 2.05) is 13.8 Å². The first kappa shape index (κ1) is 12.7. The molecule has 5 heteroatoms. The minimum absolute atomic E-state index is 0.161. The molecule has 0 radical (unpaired) electrons. The molecule has 0 aliphatic heterocycles. The van der Waals surface area contributed by atoms with E-state index < -0.39 is 0 Å². The molecule has 0 aliphatic rings. The van der Waals surface area contributed by atoms with Crippen molar-refractivity contribution in [3.8, 4) is 0 Å². The fraction of sp³-hybridized carbons (Fsp3) is 0.455. The van der Waals surface area contributed by atoms with Crippen LogP contribution in [0.3, 0.4) is 0 Å². The van der Waals surface area contributed by atoms with Crippen molar-refractivity contribution >= 4 is 23.1 Å². The second-order valence-electron chi connectivity index (χ2n) is 3.99. The zero-order valence-electron chi connectivity index (χ0n) is 9.61. The summed E-state index contributed by atoms with van der Waals surface area (Å²) in [5.74, 6) is 0.536. The van der Waals surface area contributed by atoms with Gasteiger partial charge in [0.2, 0.25) is 0 Å². The molecule has 1 amide bonds. The van der Waals surface area contributed by atoms with Gasteiger partial charge < -0.3 is 15.5 Å². The smallest absolute Gasteiger partial charge is 0.255 e. The summed E-state index contributed by atoms with van der Waals surface area (Å²) in [6, 6.07) is 1.33. The van der Waals surface area contributed by atoms with Crippen LogP contribution in [-0.4, -0.2) is 16.9 Å². The molecule has 0 aliphatic carbocycles.